The molecule has 6 nitrogen and oxygen atoms in total. The van der Waals surface area contributed by atoms with E-state index in [0.717, 1.165) is 37.7 Å². The molecule has 6 heteroatoms. The molecule has 3 rings (SSSR count). The lowest BCUT2D eigenvalue weighted by molar-refractivity contribution is 0.0931. The predicted molar refractivity (Wildman–Crippen MR) is 84.9 cm³/mol. The van der Waals surface area contributed by atoms with Gasteiger partial charge in [-0.05, 0) is 43.2 Å². The molecular weight excluding hydrogens is 292 g/mol. The van der Waals surface area contributed by atoms with Crippen molar-refractivity contribution < 1.29 is 9.21 Å². The Hall–Kier alpha value is -2.24. The molecule has 1 saturated carbocycles. The Morgan fingerprint density at radius 3 is 3.00 bits per heavy atom. The van der Waals surface area contributed by atoms with Gasteiger partial charge in [0.2, 0.25) is 11.8 Å². The quantitative estimate of drug-likeness (QED) is 0.917. The third-order valence-corrected chi connectivity index (χ3v) is 4.39. The first-order valence-corrected chi connectivity index (χ1v) is 8.19. The van der Waals surface area contributed by atoms with Crippen LogP contribution in [0.5, 0.6) is 0 Å². The molecular formula is C17H22N4O2. The van der Waals surface area contributed by atoms with Gasteiger partial charge in [0.1, 0.15) is 5.69 Å². The fraction of sp³-hybridized carbons (Fsp3) is 0.529. The number of hydrogen-bond acceptors (Lipinski definition) is 5. The van der Waals surface area contributed by atoms with Crippen molar-refractivity contribution in [2.24, 2.45) is 5.92 Å². The van der Waals surface area contributed by atoms with Crippen molar-refractivity contribution >= 4 is 5.91 Å². The lowest BCUT2D eigenvalue weighted by Gasteiger charge is -2.14. The molecule has 122 valence electrons. The van der Waals surface area contributed by atoms with Crippen LogP contribution in [0.25, 0.3) is 0 Å². The van der Waals surface area contributed by atoms with Crippen LogP contribution in [0.15, 0.2) is 22.7 Å². The van der Waals surface area contributed by atoms with Gasteiger partial charge < -0.3 is 9.73 Å². The van der Waals surface area contributed by atoms with Gasteiger partial charge in [0.15, 0.2) is 0 Å². The maximum Gasteiger partial charge on any atom is 0.270 e. The zero-order valence-electron chi connectivity index (χ0n) is 13.6. The van der Waals surface area contributed by atoms with Gasteiger partial charge in [-0.25, -0.2) is 0 Å². The van der Waals surface area contributed by atoms with Crippen molar-refractivity contribution in [2.75, 3.05) is 0 Å². The summed E-state index contributed by atoms with van der Waals surface area (Å²) in [6.45, 7) is 3.83. The minimum atomic E-state index is -0.0678. The van der Waals surface area contributed by atoms with E-state index in [9.17, 15) is 4.79 Å². The van der Waals surface area contributed by atoms with Gasteiger partial charge in [0.05, 0.1) is 0 Å². The maximum absolute atomic E-state index is 12.4. The number of nitrogens with zero attached hydrogens (tertiary/aromatic N) is 3. The molecule has 0 aromatic carbocycles. The van der Waals surface area contributed by atoms with Crippen LogP contribution in [0, 0.1) is 12.8 Å². The van der Waals surface area contributed by atoms with Gasteiger partial charge in [0, 0.05) is 25.6 Å². The number of aryl methyl sites for hydroxylation is 2. The van der Waals surface area contributed by atoms with Crippen molar-refractivity contribution in [3.8, 4) is 0 Å². The SMILES string of the molecule is CCc1cccnc1C(=O)N[C@H]1CC[C@@H](Cc2nnc(C)o2)C1. The van der Waals surface area contributed by atoms with Crippen LogP contribution in [-0.4, -0.2) is 27.1 Å². The van der Waals surface area contributed by atoms with E-state index in [1.165, 1.54) is 0 Å². The van der Waals surface area contributed by atoms with E-state index in [-0.39, 0.29) is 11.9 Å². The van der Waals surface area contributed by atoms with Crippen LogP contribution in [0.2, 0.25) is 0 Å². The molecule has 0 bridgehead atoms. The Bertz CT molecular complexity index is 683. The minimum Gasteiger partial charge on any atom is -0.426 e. The number of nitrogens with one attached hydrogen (secondary N) is 1. The average molecular weight is 314 g/mol. The maximum atomic E-state index is 12.4. The Kier molecular flexibility index (Phi) is 4.69. The highest BCUT2D eigenvalue weighted by molar-refractivity contribution is 5.93. The second-order valence-corrected chi connectivity index (χ2v) is 6.13. The average Bonchev–Trinajstić information content (AvgIpc) is 3.16. The van der Waals surface area contributed by atoms with Gasteiger partial charge >= 0.3 is 0 Å². The van der Waals surface area contributed by atoms with Crippen molar-refractivity contribution in [1.82, 2.24) is 20.5 Å². The highest BCUT2D eigenvalue weighted by atomic mass is 16.4. The zero-order chi connectivity index (χ0) is 16.2. The van der Waals surface area contributed by atoms with Gasteiger partial charge in [-0.3, -0.25) is 9.78 Å². The van der Waals surface area contributed by atoms with E-state index >= 15 is 0 Å². The number of hydrogen-bond donors (Lipinski definition) is 1. The van der Waals surface area contributed by atoms with Gasteiger partial charge in [-0.2, -0.15) is 0 Å². The molecule has 0 aliphatic heterocycles. The monoisotopic (exact) mass is 314 g/mol. The summed E-state index contributed by atoms with van der Waals surface area (Å²) in [5, 5.41) is 11.0. The Morgan fingerprint density at radius 2 is 2.26 bits per heavy atom. The minimum absolute atomic E-state index is 0.0678. The molecule has 0 spiro atoms. The first-order chi connectivity index (χ1) is 11.2. The molecule has 0 unspecified atom stereocenters. The third-order valence-electron chi connectivity index (χ3n) is 4.39. The largest absolute Gasteiger partial charge is 0.426 e. The van der Waals surface area contributed by atoms with Crippen LogP contribution >= 0.6 is 0 Å². The molecule has 2 aromatic heterocycles. The number of pyridine rings is 1. The van der Waals surface area contributed by atoms with Crippen LogP contribution in [0.3, 0.4) is 0 Å². The van der Waals surface area contributed by atoms with E-state index in [2.05, 4.69) is 20.5 Å². The third kappa shape index (κ3) is 3.75. The molecule has 2 aromatic rings. The van der Waals surface area contributed by atoms with Crippen LogP contribution < -0.4 is 5.32 Å². The molecule has 0 saturated heterocycles. The molecule has 2 atom stereocenters. The Morgan fingerprint density at radius 1 is 1.39 bits per heavy atom. The summed E-state index contributed by atoms with van der Waals surface area (Å²) < 4.78 is 5.44. The second kappa shape index (κ2) is 6.89. The normalized spacial score (nSPS) is 20.6. The summed E-state index contributed by atoms with van der Waals surface area (Å²) in [6.07, 6.45) is 6.26. The van der Waals surface area contributed by atoms with Gasteiger partial charge in [0.25, 0.3) is 5.91 Å². The fourth-order valence-electron chi connectivity index (χ4n) is 3.24. The summed E-state index contributed by atoms with van der Waals surface area (Å²) in [4.78, 5) is 16.7. The number of carbonyl (C=O) groups excluding carboxylic acids is 1. The van der Waals surface area contributed by atoms with Crippen molar-refractivity contribution in [3.05, 3.63) is 41.4 Å². The van der Waals surface area contributed by atoms with Crippen LogP contribution in [-0.2, 0) is 12.8 Å². The molecule has 1 aliphatic rings. The summed E-state index contributed by atoms with van der Waals surface area (Å²) in [7, 11) is 0. The molecule has 1 fully saturated rings. The number of rotatable bonds is 5. The molecule has 1 N–H and O–H groups in total. The van der Waals surface area contributed by atoms with Crippen LogP contribution in [0.1, 0.15) is 54.0 Å². The van der Waals surface area contributed by atoms with Crippen molar-refractivity contribution in [1.29, 1.82) is 0 Å². The Labute approximate surface area is 135 Å². The van der Waals surface area contributed by atoms with Crippen molar-refractivity contribution in [3.63, 3.8) is 0 Å². The lowest BCUT2D eigenvalue weighted by atomic mass is 10.0. The van der Waals surface area contributed by atoms with E-state index in [1.54, 1.807) is 13.1 Å². The molecule has 23 heavy (non-hydrogen) atoms. The smallest absolute Gasteiger partial charge is 0.270 e. The predicted octanol–water partition coefficient (Wildman–Crippen LogP) is 2.48. The number of aromatic nitrogens is 3. The van der Waals surface area contributed by atoms with E-state index in [4.69, 9.17) is 4.42 Å². The topological polar surface area (TPSA) is 80.9 Å². The summed E-state index contributed by atoms with van der Waals surface area (Å²) in [5.41, 5.74) is 1.53. The van der Waals surface area contributed by atoms with Crippen LogP contribution in [0.4, 0.5) is 0 Å². The molecule has 1 amide bonds. The van der Waals surface area contributed by atoms with E-state index in [1.807, 2.05) is 19.1 Å². The second-order valence-electron chi connectivity index (χ2n) is 6.13. The van der Waals surface area contributed by atoms with Gasteiger partial charge in [-0.15, -0.1) is 10.2 Å². The molecule has 2 heterocycles. The standard InChI is InChI=1S/C17H22N4O2/c1-3-13-5-4-8-18-16(13)17(22)19-14-7-6-12(9-14)10-15-21-20-11(2)23-15/h4-5,8,12,14H,3,6-7,9-10H2,1-2H3,(H,19,22)/t12-,14+/m1/s1. The van der Waals surface area contributed by atoms with Gasteiger partial charge in [-0.1, -0.05) is 13.0 Å². The molecule has 0 radical (unpaired) electrons. The number of amides is 1. The Balaban J connectivity index is 1.56. The number of carbonyl (C=O) groups is 1. The van der Waals surface area contributed by atoms with E-state index in [0.29, 0.717) is 23.4 Å². The summed E-state index contributed by atoms with van der Waals surface area (Å²) in [6, 6.07) is 4.02. The summed E-state index contributed by atoms with van der Waals surface area (Å²) >= 11 is 0. The first kappa shape index (κ1) is 15.6. The lowest BCUT2D eigenvalue weighted by Crippen LogP contribution is -2.34. The van der Waals surface area contributed by atoms with E-state index < -0.39 is 0 Å². The highest BCUT2D eigenvalue weighted by Crippen LogP contribution is 2.28. The fourth-order valence-corrected chi connectivity index (χ4v) is 3.24. The van der Waals surface area contributed by atoms with Crippen molar-refractivity contribution in [2.45, 2.75) is 52.0 Å². The highest BCUT2D eigenvalue weighted by Gasteiger charge is 2.28. The zero-order valence-corrected chi connectivity index (χ0v) is 13.6. The first-order valence-electron chi connectivity index (χ1n) is 8.19. The molecule has 1 aliphatic carbocycles. The summed E-state index contributed by atoms with van der Waals surface area (Å²) in [5.74, 6) is 1.71.